The Morgan fingerprint density at radius 3 is 2.57 bits per heavy atom. The fourth-order valence-electron chi connectivity index (χ4n) is 2.60. The molecular formula is C14H24N2O5. The molecule has 0 spiro atoms. The highest BCUT2D eigenvalue weighted by molar-refractivity contribution is 5.80. The summed E-state index contributed by atoms with van der Waals surface area (Å²) in [6.45, 7) is 2.18. The van der Waals surface area contributed by atoms with Gasteiger partial charge in [0.1, 0.15) is 6.54 Å². The van der Waals surface area contributed by atoms with Gasteiger partial charge in [-0.2, -0.15) is 0 Å². The molecule has 2 amide bonds. The number of carboxylic acid groups (broad SMARTS) is 1. The fourth-order valence-corrected chi connectivity index (χ4v) is 2.60. The number of carbonyl (C=O) groups is 3. The molecule has 1 fully saturated rings. The zero-order valence-corrected chi connectivity index (χ0v) is 12.6. The monoisotopic (exact) mass is 300 g/mol. The highest BCUT2D eigenvalue weighted by Crippen LogP contribution is 2.29. The van der Waals surface area contributed by atoms with Gasteiger partial charge >= 0.3 is 18.0 Å². The molecule has 7 nitrogen and oxygen atoms in total. The van der Waals surface area contributed by atoms with E-state index in [0.717, 1.165) is 19.3 Å². The second-order valence-electron chi connectivity index (χ2n) is 5.34. The number of carboxylic acids is 1. The summed E-state index contributed by atoms with van der Waals surface area (Å²) in [5.74, 6) is -1.70. The highest BCUT2D eigenvalue weighted by Gasteiger charge is 2.31. The van der Waals surface area contributed by atoms with Crippen molar-refractivity contribution in [2.45, 2.75) is 32.6 Å². The van der Waals surface area contributed by atoms with Gasteiger partial charge in [0.25, 0.3) is 0 Å². The van der Waals surface area contributed by atoms with E-state index in [-0.39, 0.29) is 19.1 Å². The van der Waals surface area contributed by atoms with E-state index in [0.29, 0.717) is 13.0 Å². The number of urea groups is 1. The minimum absolute atomic E-state index is 0.0452. The summed E-state index contributed by atoms with van der Waals surface area (Å²) in [7, 11) is 1.50. The molecular weight excluding hydrogens is 276 g/mol. The molecule has 2 atom stereocenters. The number of rotatable bonds is 6. The van der Waals surface area contributed by atoms with Gasteiger partial charge in [-0.15, -0.1) is 0 Å². The Labute approximate surface area is 124 Å². The number of esters is 1. The molecule has 1 aliphatic carbocycles. The topological polar surface area (TPSA) is 95.9 Å². The van der Waals surface area contributed by atoms with Crippen LogP contribution < -0.4 is 5.32 Å². The maximum Gasteiger partial charge on any atom is 0.325 e. The first-order chi connectivity index (χ1) is 9.95. The number of nitrogens with zero attached hydrogens (tertiary/aromatic N) is 1. The normalized spacial score (nSPS) is 21.4. The molecule has 2 N–H and O–H groups in total. The number of ether oxygens (including phenoxy) is 1. The number of amides is 2. The molecule has 0 bridgehead atoms. The molecule has 0 aromatic heterocycles. The van der Waals surface area contributed by atoms with Gasteiger partial charge in [0, 0.05) is 13.6 Å². The zero-order chi connectivity index (χ0) is 15.8. The second-order valence-corrected chi connectivity index (χ2v) is 5.34. The van der Waals surface area contributed by atoms with Crippen molar-refractivity contribution >= 4 is 18.0 Å². The molecule has 120 valence electrons. The van der Waals surface area contributed by atoms with E-state index >= 15 is 0 Å². The summed E-state index contributed by atoms with van der Waals surface area (Å²) in [4.78, 5) is 35.6. The van der Waals surface area contributed by atoms with E-state index in [9.17, 15) is 19.5 Å². The Hall–Kier alpha value is -1.79. The number of likely N-dealkylation sites (N-methyl/N-ethyl adjacent to an activating group) is 1. The predicted octanol–water partition coefficient (Wildman–Crippen LogP) is 1.08. The van der Waals surface area contributed by atoms with Crippen molar-refractivity contribution in [1.82, 2.24) is 10.2 Å². The average molecular weight is 300 g/mol. The number of hydrogen-bond donors (Lipinski definition) is 2. The number of nitrogens with one attached hydrogen (secondary N) is 1. The van der Waals surface area contributed by atoms with E-state index in [2.05, 4.69) is 5.32 Å². The first-order valence-corrected chi connectivity index (χ1v) is 7.33. The van der Waals surface area contributed by atoms with Gasteiger partial charge in [0.2, 0.25) is 0 Å². The third-order valence-electron chi connectivity index (χ3n) is 3.76. The largest absolute Gasteiger partial charge is 0.481 e. The van der Waals surface area contributed by atoms with Crippen LogP contribution in [0.4, 0.5) is 4.79 Å². The Morgan fingerprint density at radius 2 is 1.95 bits per heavy atom. The van der Waals surface area contributed by atoms with Crippen LogP contribution >= 0.6 is 0 Å². The first kappa shape index (κ1) is 17.3. The molecule has 0 heterocycles. The third-order valence-corrected chi connectivity index (χ3v) is 3.76. The molecule has 0 saturated heterocycles. The smallest absolute Gasteiger partial charge is 0.325 e. The molecule has 0 aliphatic heterocycles. The lowest BCUT2D eigenvalue weighted by Crippen LogP contribution is -2.44. The van der Waals surface area contributed by atoms with E-state index in [1.54, 1.807) is 6.92 Å². The van der Waals surface area contributed by atoms with Crippen molar-refractivity contribution < 1.29 is 24.2 Å². The zero-order valence-electron chi connectivity index (χ0n) is 12.6. The van der Waals surface area contributed by atoms with Crippen LogP contribution in [0.25, 0.3) is 0 Å². The van der Waals surface area contributed by atoms with Crippen LogP contribution in [0.3, 0.4) is 0 Å². The number of aliphatic carboxylic acids is 1. The van der Waals surface area contributed by atoms with Gasteiger partial charge in [0.05, 0.1) is 12.5 Å². The SMILES string of the molecule is CCOC(=O)CN(C)C(=O)NCC1CCCCC1C(=O)O. The molecule has 1 aliphatic rings. The minimum Gasteiger partial charge on any atom is -0.481 e. The Bertz CT molecular complexity index is 386. The molecule has 0 aromatic carbocycles. The van der Waals surface area contributed by atoms with Gasteiger partial charge < -0.3 is 20.1 Å². The second kappa shape index (κ2) is 8.49. The van der Waals surface area contributed by atoms with Gasteiger partial charge in [-0.05, 0) is 25.7 Å². The summed E-state index contributed by atoms with van der Waals surface area (Å²) in [6, 6.07) is -0.391. The summed E-state index contributed by atoms with van der Waals surface area (Å²) in [5, 5.41) is 11.9. The van der Waals surface area contributed by atoms with Crippen molar-refractivity contribution in [2.75, 3.05) is 26.7 Å². The lowest BCUT2D eigenvalue weighted by atomic mass is 9.79. The van der Waals surface area contributed by atoms with Crippen LogP contribution in [-0.2, 0) is 14.3 Å². The fraction of sp³-hybridized carbons (Fsp3) is 0.786. The van der Waals surface area contributed by atoms with Crippen molar-refractivity contribution in [2.24, 2.45) is 11.8 Å². The van der Waals surface area contributed by atoms with Crippen LogP contribution in [0.1, 0.15) is 32.6 Å². The summed E-state index contributed by atoms with van der Waals surface area (Å²) in [5.41, 5.74) is 0. The van der Waals surface area contributed by atoms with E-state index < -0.39 is 23.9 Å². The standard InChI is InChI=1S/C14H24N2O5/c1-3-21-12(17)9-16(2)14(20)15-8-10-6-4-5-7-11(10)13(18)19/h10-11H,3-9H2,1-2H3,(H,15,20)(H,18,19). The maximum atomic E-state index is 11.9. The maximum absolute atomic E-state index is 11.9. The van der Waals surface area contributed by atoms with Crippen LogP contribution in [0.2, 0.25) is 0 Å². The van der Waals surface area contributed by atoms with Crippen LogP contribution in [0, 0.1) is 11.8 Å². The lowest BCUT2D eigenvalue weighted by molar-refractivity contribution is -0.145. The van der Waals surface area contributed by atoms with E-state index in [1.807, 2.05) is 0 Å². The lowest BCUT2D eigenvalue weighted by Gasteiger charge is -2.29. The Kier molecular flexibility index (Phi) is 6.98. The predicted molar refractivity (Wildman–Crippen MR) is 75.7 cm³/mol. The number of hydrogen-bond acceptors (Lipinski definition) is 4. The molecule has 1 rings (SSSR count). The van der Waals surface area contributed by atoms with Crippen molar-refractivity contribution in [3.8, 4) is 0 Å². The molecule has 7 heteroatoms. The molecule has 2 unspecified atom stereocenters. The highest BCUT2D eigenvalue weighted by atomic mass is 16.5. The number of carbonyl (C=O) groups excluding carboxylic acids is 2. The average Bonchev–Trinajstić information content (AvgIpc) is 2.45. The van der Waals surface area contributed by atoms with E-state index in [4.69, 9.17) is 4.74 Å². The van der Waals surface area contributed by atoms with E-state index in [1.165, 1.54) is 11.9 Å². The summed E-state index contributed by atoms with van der Waals surface area (Å²) < 4.78 is 4.77. The van der Waals surface area contributed by atoms with Crippen molar-refractivity contribution in [1.29, 1.82) is 0 Å². The molecule has 21 heavy (non-hydrogen) atoms. The van der Waals surface area contributed by atoms with Gasteiger partial charge in [-0.1, -0.05) is 12.8 Å². The molecule has 0 radical (unpaired) electrons. The Morgan fingerprint density at radius 1 is 1.29 bits per heavy atom. The summed E-state index contributed by atoms with van der Waals surface area (Å²) >= 11 is 0. The van der Waals surface area contributed by atoms with Crippen LogP contribution in [-0.4, -0.2) is 54.7 Å². The quantitative estimate of drug-likeness (QED) is 0.716. The molecule has 0 aromatic rings. The first-order valence-electron chi connectivity index (χ1n) is 7.33. The third kappa shape index (κ3) is 5.61. The van der Waals surface area contributed by atoms with Gasteiger partial charge in [-0.3, -0.25) is 9.59 Å². The van der Waals surface area contributed by atoms with Gasteiger partial charge in [-0.25, -0.2) is 4.79 Å². The van der Waals surface area contributed by atoms with Crippen LogP contribution in [0.15, 0.2) is 0 Å². The summed E-state index contributed by atoms with van der Waals surface area (Å²) in [6.07, 6.45) is 3.38. The van der Waals surface area contributed by atoms with Crippen molar-refractivity contribution in [3.05, 3.63) is 0 Å². The van der Waals surface area contributed by atoms with Gasteiger partial charge in [0.15, 0.2) is 0 Å². The molecule has 1 saturated carbocycles. The van der Waals surface area contributed by atoms with Crippen molar-refractivity contribution in [3.63, 3.8) is 0 Å². The van der Waals surface area contributed by atoms with Crippen LogP contribution in [0.5, 0.6) is 0 Å². The minimum atomic E-state index is -0.797. The Balaban J connectivity index is 2.40.